The molecule has 0 atom stereocenters. The molecule has 0 bridgehead atoms. The average Bonchev–Trinajstić information content (AvgIpc) is 2.81. The molecule has 31 heavy (non-hydrogen) atoms. The zero-order valence-electron chi connectivity index (χ0n) is 17.6. The third-order valence-corrected chi connectivity index (χ3v) is 5.89. The summed E-state index contributed by atoms with van der Waals surface area (Å²) >= 11 is 0. The van der Waals surface area contributed by atoms with Gasteiger partial charge in [-0.1, -0.05) is 86.6 Å². The van der Waals surface area contributed by atoms with Gasteiger partial charge in [-0.3, -0.25) is 9.59 Å². The van der Waals surface area contributed by atoms with Crippen LogP contribution in [0.15, 0.2) is 84.9 Å². The first-order valence-electron chi connectivity index (χ1n) is 10.5. The Morgan fingerprint density at radius 3 is 1.42 bits per heavy atom. The molecule has 0 saturated carbocycles. The van der Waals surface area contributed by atoms with E-state index in [2.05, 4.69) is 0 Å². The fraction of sp³-hybridized carbons (Fsp3) is 0.185. The number of carbonyl (C=O) groups excluding carboxylic acids is 2. The second-order valence-corrected chi connectivity index (χ2v) is 7.52. The number of rotatable bonds is 6. The summed E-state index contributed by atoms with van der Waals surface area (Å²) < 4.78 is 11.6. The molecule has 4 rings (SSSR count). The van der Waals surface area contributed by atoms with E-state index in [9.17, 15) is 9.59 Å². The van der Waals surface area contributed by atoms with Crippen LogP contribution in [-0.4, -0.2) is 11.9 Å². The molecule has 0 aliphatic heterocycles. The van der Waals surface area contributed by atoms with Crippen LogP contribution in [-0.2, 0) is 9.59 Å². The molecule has 0 unspecified atom stereocenters. The largest absolute Gasteiger partial charge is 0.425 e. The van der Waals surface area contributed by atoms with Crippen LogP contribution < -0.4 is 9.47 Å². The topological polar surface area (TPSA) is 52.6 Å². The van der Waals surface area contributed by atoms with Crippen molar-refractivity contribution in [3.05, 3.63) is 84.9 Å². The van der Waals surface area contributed by atoms with E-state index in [0.29, 0.717) is 11.5 Å². The van der Waals surface area contributed by atoms with E-state index in [1.54, 1.807) is 26.0 Å². The predicted octanol–water partition coefficient (Wildman–Crippen LogP) is 6.31. The first-order chi connectivity index (χ1) is 15.1. The van der Waals surface area contributed by atoms with Crippen LogP contribution in [0.4, 0.5) is 0 Å². The second-order valence-electron chi connectivity index (χ2n) is 7.52. The van der Waals surface area contributed by atoms with Gasteiger partial charge in [0.05, 0.1) is 0 Å². The van der Waals surface area contributed by atoms with Crippen LogP contribution in [0.3, 0.4) is 0 Å². The molecule has 156 valence electrons. The van der Waals surface area contributed by atoms with Crippen molar-refractivity contribution >= 4 is 33.5 Å². The van der Waals surface area contributed by atoms with E-state index >= 15 is 0 Å². The van der Waals surface area contributed by atoms with Crippen molar-refractivity contribution in [2.75, 3.05) is 0 Å². The van der Waals surface area contributed by atoms with Gasteiger partial charge in [0.1, 0.15) is 11.5 Å². The Kier molecular flexibility index (Phi) is 5.72. The Balaban J connectivity index is 1.65. The fourth-order valence-corrected chi connectivity index (χ4v) is 3.88. The zero-order valence-corrected chi connectivity index (χ0v) is 17.6. The molecule has 0 radical (unpaired) electrons. The van der Waals surface area contributed by atoms with Crippen LogP contribution >= 0.6 is 0 Å². The number of esters is 2. The molecular weight excluding hydrogens is 388 g/mol. The molecule has 4 aromatic carbocycles. The summed E-state index contributed by atoms with van der Waals surface area (Å²) in [6, 6.07) is 26.4. The van der Waals surface area contributed by atoms with Crippen molar-refractivity contribution in [2.45, 2.75) is 26.7 Å². The Bertz CT molecular complexity index is 1150. The molecule has 0 aliphatic rings. The molecule has 0 fully saturated rings. The second kappa shape index (κ2) is 8.60. The summed E-state index contributed by atoms with van der Waals surface area (Å²) in [4.78, 5) is 26.6. The first-order valence-corrected chi connectivity index (χ1v) is 10.5. The fourth-order valence-electron chi connectivity index (χ4n) is 3.88. The monoisotopic (exact) mass is 412 g/mol. The van der Waals surface area contributed by atoms with Crippen LogP contribution in [0.2, 0.25) is 0 Å². The van der Waals surface area contributed by atoms with E-state index in [0.717, 1.165) is 21.5 Å². The number of benzene rings is 4. The summed E-state index contributed by atoms with van der Waals surface area (Å²) in [5.41, 5.74) is -1.39. The molecule has 0 aromatic heterocycles. The highest BCUT2D eigenvalue weighted by Gasteiger charge is 2.46. The van der Waals surface area contributed by atoms with Gasteiger partial charge in [0.15, 0.2) is 5.41 Å². The molecule has 0 amide bonds. The summed E-state index contributed by atoms with van der Waals surface area (Å²) in [6.45, 7) is 3.61. The maximum Gasteiger partial charge on any atom is 0.328 e. The van der Waals surface area contributed by atoms with Gasteiger partial charge in [0, 0.05) is 10.8 Å². The van der Waals surface area contributed by atoms with E-state index in [-0.39, 0.29) is 12.8 Å². The molecule has 0 heterocycles. The molecule has 0 saturated heterocycles. The minimum Gasteiger partial charge on any atom is -0.425 e. The highest BCUT2D eigenvalue weighted by molar-refractivity contribution is 6.03. The van der Waals surface area contributed by atoms with E-state index in [4.69, 9.17) is 9.47 Å². The van der Waals surface area contributed by atoms with Gasteiger partial charge in [-0.2, -0.15) is 0 Å². The van der Waals surface area contributed by atoms with Crippen molar-refractivity contribution in [3.8, 4) is 11.5 Å². The minimum atomic E-state index is -1.39. The van der Waals surface area contributed by atoms with Gasteiger partial charge in [-0.25, -0.2) is 0 Å². The quantitative estimate of drug-likeness (QED) is 0.212. The van der Waals surface area contributed by atoms with Crippen molar-refractivity contribution in [3.63, 3.8) is 0 Å². The van der Waals surface area contributed by atoms with E-state index < -0.39 is 17.4 Å². The van der Waals surface area contributed by atoms with Gasteiger partial charge >= 0.3 is 11.9 Å². The summed E-state index contributed by atoms with van der Waals surface area (Å²) in [7, 11) is 0. The SMILES string of the molecule is CCC(CC)(C(=O)Oc1cccc2ccccc12)C(=O)Oc1cccc2ccccc12. The first kappa shape index (κ1) is 20.6. The Morgan fingerprint density at radius 1 is 0.613 bits per heavy atom. The Labute approximate surface area is 181 Å². The maximum absolute atomic E-state index is 13.3. The molecule has 0 N–H and O–H groups in total. The predicted molar refractivity (Wildman–Crippen MR) is 122 cm³/mol. The lowest BCUT2D eigenvalue weighted by molar-refractivity contribution is -0.161. The van der Waals surface area contributed by atoms with E-state index in [1.165, 1.54) is 0 Å². The van der Waals surface area contributed by atoms with Crippen molar-refractivity contribution in [1.29, 1.82) is 0 Å². The summed E-state index contributed by atoms with van der Waals surface area (Å²) in [6.07, 6.45) is 0.549. The van der Waals surface area contributed by atoms with Gasteiger partial charge in [0.25, 0.3) is 0 Å². The van der Waals surface area contributed by atoms with Crippen molar-refractivity contribution < 1.29 is 19.1 Å². The maximum atomic E-state index is 13.3. The smallest absolute Gasteiger partial charge is 0.328 e. The van der Waals surface area contributed by atoms with Gasteiger partial charge in [-0.15, -0.1) is 0 Å². The van der Waals surface area contributed by atoms with Gasteiger partial charge in [0.2, 0.25) is 0 Å². The number of carbonyl (C=O) groups is 2. The highest BCUT2D eigenvalue weighted by Crippen LogP contribution is 2.35. The van der Waals surface area contributed by atoms with Crippen LogP contribution in [0.5, 0.6) is 11.5 Å². The summed E-state index contributed by atoms with van der Waals surface area (Å²) in [5.74, 6) is -0.321. The lowest BCUT2D eigenvalue weighted by Gasteiger charge is -2.27. The molecule has 4 heteroatoms. The molecule has 4 nitrogen and oxygen atoms in total. The minimum absolute atomic E-state index is 0.275. The molecular formula is C27H24O4. The van der Waals surface area contributed by atoms with Gasteiger partial charge < -0.3 is 9.47 Å². The lowest BCUT2D eigenvalue weighted by atomic mass is 9.82. The third kappa shape index (κ3) is 3.77. The van der Waals surface area contributed by atoms with Gasteiger partial charge in [-0.05, 0) is 35.7 Å². The normalized spacial score (nSPS) is 11.4. The van der Waals surface area contributed by atoms with Crippen LogP contribution in [0, 0.1) is 5.41 Å². The zero-order chi connectivity index (χ0) is 21.8. The number of fused-ring (bicyclic) bond motifs is 2. The van der Waals surface area contributed by atoms with E-state index in [1.807, 2.05) is 72.8 Å². The van der Waals surface area contributed by atoms with Crippen molar-refractivity contribution in [1.82, 2.24) is 0 Å². The molecule has 0 aliphatic carbocycles. The number of ether oxygens (including phenoxy) is 2. The Hall–Kier alpha value is -3.66. The number of hydrogen-bond donors (Lipinski definition) is 0. The van der Waals surface area contributed by atoms with Crippen LogP contribution in [0.25, 0.3) is 21.5 Å². The lowest BCUT2D eigenvalue weighted by Crippen LogP contribution is -2.43. The summed E-state index contributed by atoms with van der Waals surface area (Å²) in [5, 5.41) is 3.57. The third-order valence-electron chi connectivity index (χ3n) is 5.89. The van der Waals surface area contributed by atoms with Crippen molar-refractivity contribution in [2.24, 2.45) is 5.41 Å². The van der Waals surface area contributed by atoms with Crippen LogP contribution in [0.1, 0.15) is 26.7 Å². The number of hydrogen-bond acceptors (Lipinski definition) is 4. The molecule has 4 aromatic rings. The standard InChI is InChI=1S/C27H24O4/c1-3-27(4-2,25(28)30-23-17-9-13-19-11-5-7-15-21(19)23)26(29)31-24-18-10-14-20-12-6-8-16-22(20)24/h5-18H,3-4H2,1-2H3. The average molecular weight is 412 g/mol. The molecule has 0 spiro atoms. The highest BCUT2D eigenvalue weighted by atomic mass is 16.6. The Morgan fingerprint density at radius 2 is 1.00 bits per heavy atom.